The van der Waals surface area contributed by atoms with E-state index in [1.807, 2.05) is 7.05 Å². The molecule has 25 heavy (non-hydrogen) atoms. The number of nitrogens with zero attached hydrogens (tertiary/aromatic N) is 3. The summed E-state index contributed by atoms with van der Waals surface area (Å²) in [5.74, 6) is 1.15. The Kier molecular flexibility index (Phi) is 5.82. The van der Waals surface area contributed by atoms with Crippen molar-refractivity contribution in [3.05, 3.63) is 0 Å². The molecule has 1 saturated heterocycles. The average molecular weight is 462 g/mol. The normalized spacial score (nSPS) is 31.3. The molecule has 1 amide bonds. The van der Waals surface area contributed by atoms with Crippen LogP contribution in [0.25, 0.3) is 0 Å². The van der Waals surface area contributed by atoms with Crippen LogP contribution in [0.1, 0.15) is 45.4 Å². The zero-order valence-corrected chi connectivity index (χ0v) is 17.7. The van der Waals surface area contributed by atoms with Gasteiger partial charge in [-0.2, -0.15) is 0 Å². The Labute approximate surface area is 167 Å². The molecule has 3 saturated carbocycles. The van der Waals surface area contributed by atoms with Crippen molar-refractivity contribution in [2.75, 3.05) is 33.3 Å². The summed E-state index contributed by atoms with van der Waals surface area (Å²) in [6.45, 7) is 5.06. The molecule has 1 N–H and O–H groups in total. The van der Waals surface area contributed by atoms with Gasteiger partial charge in [0, 0.05) is 44.2 Å². The number of hydrogen-bond acceptors (Lipinski definition) is 3. The fourth-order valence-electron chi connectivity index (χ4n) is 4.73. The van der Waals surface area contributed by atoms with Gasteiger partial charge in [0.1, 0.15) is 0 Å². The van der Waals surface area contributed by atoms with E-state index in [0.717, 1.165) is 32.1 Å². The van der Waals surface area contributed by atoms with E-state index in [1.54, 1.807) is 0 Å². The van der Waals surface area contributed by atoms with E-state index in [-0.39, 0.29) is 29.9 Å². The highest BCUT2D eigenvalue weighted by atomic mass is 127. The van der Waals surface area contributed by atoms with Gasteiger partial charge in [-0.15, -0.1) is 24.0 Å². The number of halogens is 1. The zero-order valence-electron chi connectivity index (χ0n) is 15.4. The van der Waals surface area contributed by atoms with Gasteiger partial charge < -0.3 is 19.9 Å². The van der Waals surface area contributed by atoms with Crippen molar-refractivity contribution >= 4 is 35.8 Å². The Balaban J connectivity index is 0.00000182. The lowest BCUT2D eigenvalue weighted by Crippen LogP contribution is -2.69. The Bertz CT molecular complexity index is 533. The summed E-state index contributed by atoms with van der Waals surface area (Å²) in [6, 6.07) is 0.963. The summed E-state index contributed by atoms with van der Waals surface area (Å²) < 4.78 is 5.94. The van der Waals surface area contributed by atoms with Crippen LogP contribution in [0.5, 0.6) is 0 Å². The number of aliphatic imine (C=N–C) groups is 1. The minimum absolute atomic E-state index is 0. The number of carbonyl (C=O) groups excluding carboxylic acids is 1. The molecule has 4 rings (SSSR count). The maximum atomic E-state index is 12.4. The van der Waals surface area contributed by atoms with Gasteiger partial charge in [-0.05, 0) is 39.0 Å². The number of ether oxygens (including phenoxy) is 1. The fourth-order valence-corrected chi connectivity index (χ4v) is 4.73. The van der Waals surface area contributed by atoms with Crippen molar-refractivity contribution in [1.29, 1.82) is 0 Å². The molecule has 3 aliphatic carbocycles. The molecule has 6 nitrogen and oxygen atoms in total. The smallest absolute Gasteiger partial charge is 0.242 e. The summed E-state index contributed by atoms with van der Waals surface area (Å²) in [5.41, 5.74) is 0.311. The molecule has 4 aliphatic rings. The lowest BCUT2D eigenvalue weighted by molar-refractivity contribution is -0.169. The molecule has 1 heterocycles. The van der Waals surface area contributed by atoms with E-state index in [9.17, 15) is 4.79 Å². The second kappa shape index (κ2) is 7.58. The van der Waals surface area contributed by atoms with Crippen molar-refractivity contribution in [3.63, 3.8) is 0 Å². The first-order valence-electron chi connectivity index (χ1n) is 9.57. The number of guanidine groups is 1. The molecule has 1 spiro atoms. The van der Waals surface area contributed by atoms with Crippen molar-refractivity contribution in [2.24, 2.45) is 10.4 Å². The van der Waals surface area contributed by atoms with Gasteiger partial charge in [0.2, 0.25) is 5.91 Å². The Morgan fingerprint density at radius 3 is 2.64 bits per heavy atom. The lowest BCUT2D eigenvalue weighted by Gasteiger charge is -2.61. The van der Waals surface area contributed by atoms with Gasteiger partial charge in [0.25, 0.3) is 0 Å². The molecule has 7 heteroatoms. The Hall–Kier alpha value is -0.570. The average Bonchev–Trinajstić information content (AvgIpc) is 3.33. The first-order valence-corrected chi connectivity index (χ1v) is 9.57. The van der Waals surface area contributed by atoms with E-state index in [2.05, 4.69) is 27.0 Å². The summed E-state index contributed by atoms with van der Waals surface area (Å²) in [4.78, 5) is 21.0. The van der Waals surface area contributed by atoms with Crippen molar-refractivity contribution in [1.82, 2.24) is 15.1 Å². The maximum absolute atomic E-state index is 12.4. The maximum Gasteiger partial charge on any atom is 0.242 e. The molecule has 0 aromatic carbocycles. The van der Waals surface area contributed by atoms with Crippen LogP contribution in [-0.4, -0.2) is 73.1 Å². The first-order chi connectivity index (χ1) is 11.7. The van der Waals surface area contributed by atoms with Gasteiger partial charge in [0.15, 0.2) is 5.96 Å². The third-order valence-electron chi connectivity index (χ3n) is 6.50. The number of rotatable bonds is 4. The van der Waals surface area contributed by atoms with Gasteiger partial charge >= 0.3 is 0 Å². The summed E-state index contributed by atoms with van der Waals surface area (Å²) in [5, 5.41) is 3.66. The number of hydrogen-bond donors (Lipinski definition) is 1. The van der Waals surface area contributed by atoms with Crippen molar-refractivity contribution in [2.45, 2.75) is 63.6 Å². The molecule has 0 bridgehead atoms. The Morgan fingerprint density at radius 2 is 2.12 bits per heavy atom. The highest BCUT2D eigenvalue weighted by Gasteiger charge is 2.59. The van der Waals surface area contributed by atoms with E-state index in [1.165, 1.54) is 32.1 Å². The minimum atomic E-state index is 0. The third kappa shape index (κ3) is 3.38. The SMILES string of the molecule is CCOC1CC(NC(=NC)N2CCN(C3CC3)C(=O)C2)C12CCC2.I. The van der Waals surface area contributed by atoms with Crippen molar-refractivity contribution < 1.29 is 9.53 Å². The van der Waals surface area contributed by atoms with Gasteiger partial charge in [-0.3, -0.25) is 9.79 Å². The quantitative estimate of drug-likeness (QED) is 0.394. The van der Waals surface area contributed by atoms with Crippen LogP contribution in [0.4, 0.5) is 0 Å². The first kappa shape index (κ1) is 19.2. The van der Waals surface area contributed by atoms with Crippen LogP contribution < -0.4 is 5.32 Å². The zero-order chi connectivity index (χ0) is 16.7. The predicted molar refractivity (Wildman–Crippen MR) is 108 cm³/mol. The van der Waals surface area contributed by atoms with Gasteiger partial charge in [-0.1, -0.05) is 6.42 Å². The fraction of sp³-hybridized carbons (Fsp3) is 0.889. The van der Waals surface area contributed by atoms with E-state index >= 15 is 0 Å². The lowest BCUT2D eigenvalue weighted by atomic mass is 9.51. The van der Waals surface area contributed by atoms with Crippen LogP contribution in [0.3, 0.4) is 0 Å². The number of piperazine rings is 1. The Morgan fingerprint density at radius 1 is 1.36 bits per heavy atom. The van der Waals surface area contributed by atoms with E-state index in [0.29, 0.717) is 30.1 Å². The van der Waals surface area contributed by atoms with Crippen LogP contribution in [0.2, 0.25) is 0 Å². The summed E-state index contributed by atoms with van der Waals surface area (Å²) in [7, 11) is 1.83. The van der Waals surface area contributed by atoms with Crippen LogP contribution in [-0.2, 0) is 9.53 Å². The molecule has 142 valence electrons. The number of amides is 1. The van der Waals surface area contributed by atoms with E-state index in [4.69, 9.17) is 4.74 Å². The third-order valence-corrected chi connectivity index (χ3v) is 6.50. The van der Waals surface area contributed by atoms with E-state index < -0.39 is 0 Å². The second-order valence-corrected chi connectivity index (χ2v) is 7.75. The molecule has 1 aliphatic heterocycles. The standard InChI is InChI=1S/C18H30N4O2.HI/c1-3-24-15-11-14(18(15)7-4-8-18)20-17(19-2)21-9-10-22(13-5-6-13)16(23)12-21;/h13-15H,3-12H2,1-2H3,(H,19,20);1H. The number of carbonyl (C=O) groups is 1. The topological polar surface area (TPSA) is 57.2 Å². The molecular formula is C18H31IN4O2. The van der Waals surface area contributed by atoms with Crippen LogP contribution in [0, 0.1) is 5.41 Å². The molecule has 2 atom stereocenters. The number of nitrogens with one attached hydrogen (secondary N) is 1. The monoisotopic (exact) mass is 462 g/mol. The van der Waals surface area contributed by atoms with Crippen molar-refractivity contribution in [3.8, 4) is 0 Å². The largest absolute Gasteiger partial charge is 0.378 e. The highest BCUT2D eigenvalue weighted by Crippen LogP contribution is 2.57. The van der Waals surface area contributed by atoms with Gasteiger partial charge in [0.05, 0.1) is 12.6 Å². The van der Waals surface area contributed by atoms with Crippen LogP contribution in [0.15, 0.2) is 4.99 Å². The predicted octanol–water partition coefficient (Wildman–Crippen LogP) is 1.83. The molecule has 0 aromatic heterocycles. The van der Waals surface area contributed by atoms with Crippen LogP contribution >= 0.6 is 24.0 Å². The molecule has 2 unspecified atom stereocenters. The molecule has 4 fully saturated rings. The molecule has 0 radical (unpaired) electrons. The molecular weight excluding hydrogens is 431 g/mol. The second-order valence-electron chi connectivity index (χ2n) is 7.75. The molecule has 0 aromatic rings. The summed E-state index contributed by atoms with van der Waals surface area (Å²) >= 11 is 0. The van der Waals surface area contributed by atoms with Gasteiger partial charge in [-0.25, -0.2) is 0 Å². The minimum Gasteiger partial charge on any atom is -0.378 e. The highest BCUT2D eigenvalue weighted by molar-refractivity contribution is 14.0. The summed E-state index contributed by atoms with van der Waals surface area (Å²) in [6.07, 6.45) is 7.63.